The summed E-state index contributed by atoms with van der Waals surface area (Å²) in [5.74, 6) is -0.744. The van der Waals surface area contributed by atoms with Crippen LogP contribution in [0.4, 0.5) is 0 Å². The molecule has 3 nitrogen and oxygen atoms in total. The van der Waals surface area contributed by atoms with Crippen LogP contribution >= 0.6 is 0 Å². The number of benzene rings is 1. The summed E-state index contributed by atoms with van der Waals surface area (Å²) in [7, 11) is 0. The van der Waals surface area contributed by atoms with E-state index in [4.69, 9.17) is 5.26 Å². The van der Waals surface area contributed by atoms with Crippen LogP contribution in [0.15, 0.2) is 24.3 Å². The van der Waals surface area contributed by atoms with Gasteiger partial charge in [-0.2, -0.15) is 5.26 Å². The third-order valence-corrected chi connectivity index (χ3v) is 3.43. The van der Waals surface area contributed by atoms with E-state index in [2.05, 4.69) is 6.07 Å². The smallest absolute Gasteiger partial charge is 0.309 e. The van der Waals surface area contributed by atoms with Gasteiger partial charge in [-0.05, 0) is 37.0 Å². The van der Waals surface area contributed by atoms with Crippen molar-refractivity contribution in [2.24, 2.45) is 5.41 Å². The summed E-state index contributed by atoms with van der Waals surface area (Å²) < 4.78 is 0. The minimum absolute atomic E-state index is 0.515. The molecule has 0 atom stereocenters. The minimum atomic E-state index is -0.744. The molecule has 0 saturated heterocycles. The fraction of sp³-hybridized carbons (Fsp3) is 0.429. The summed E-state index contributed by atoms with van der Waals surface area (Å²) in [6.07, 6.45) is 1.73. The quantitative estimate of drug-likeness (QED) is 0.847. The molecule has 1 N–H and O–H groups in total. The molecule has 3 heteroatoms. The number of nitrogens with zero attached hydrogens (tertiary/aromatic N) is 1. The van der Waals surface area contributed by atoms with Crippen molar-refractivity contribution in [3.05, 3.63) is 35.4 Å². The molecule has 0 saturated carbocycles. The summed E-state index contributed by atoms with van der Waals surface area (Å²) >= 11 is 0. The summed E-state index contributed by atoms with van der Waals surface area (Å²) in [4.78, 5) is 11.4. The van der Waals surface area contributed by atoms with Crippen LogP contribution in [-0.4, -0.2) is 11.1 Å². The lowest BCUT2D eigenvalue weighted by atomic mass is 9.77. The van der Waals surface area contributed by atoms with Crippen molar-refractivity contribution in [1.82, 2.24) is 0 Å². The Morgan fingerprint density at radius 2 is 1.82 bits per heavy atom. The van der Waals surface area contributed by atoms with Gasteiger partial charge in [-0.25, -0.2) is 0 Å². The van der Waals surface area contributed by atoms with Gasteiger partial charge >= 0.3 is 5.97 Å². The first-order valence-electron chi connectivity index (χ1n) is 5.80. The molecule has 0 heterocycles. The van der Waals surface area contributed by atoms with Crippen molar-refractivity contribution in [1.29, 1.82) is 5.26 Å². The Hall–Kier alpha value is -1.82. The number of rotatable bonds is 5. The number of hydrogen-bond acceptors (Lipinski definition) is 2. The normalized spacial score (nSPS) is 10.9. The van der Waals surface area contributed by atoms with E-state index in [1.54, 1.807) is 12.1 Å². The molecular weight excluding hydrogens is 214 g/mol. The van der Waals surface area contributed by atoms with E-state index in [0.717, 1.165) is 5.56 Å². The van der Waals surface area contributed by atoms with Gasteiger partial charge in [0.2, 0.25) is 0 Å². The highest BCUT2D eigenvalue weighted by molar-refractivity contribution is 5.75. The second-order valence-electron chi connectivity index (χ2n) is 4.28. The molecule has 0 aliphatic heterocycles. The third kappa shape index (κ3) is 2.85. The molecule has 1 rings (SSSR count). The van der Waals surface area contributed by atoms with Gasteiger partial charge in [-0.1, -0.05) is 26.0 Å². The zero-order valence-corrected chi connectivity index (χ0v) is 10.2. The van der Waals surface area contributed by atoms with Gasteiger partial charge in [0.25, 0.3) is 0 Å². The van der Waals surface area contributed by atoms with Crippen molar-refractivity contribution in [3.8, 4) is 6.07 Å². The maximum Gasteiger partial charge on any atom is 0.309 e. The Labute approximate surface area is 102 Å². The molecule has 0 amide bonds. The fourth-order valence-electron chi connectivity index (χ4n) is 1.97. The van der Waals surface area contributed by atoms with Crippen molar-refractivity contribution >= 4 is 5.97 Å². The van der Waals surface area contributed by atoms with Crippen LogP contribution in [0.1, 0.15) is 37.8 Å². The molecule has 17 heavy (non-hydrogen) atoms. The predicted molar refractivity (Wildman–Crippen MR) is 65.5 cm³/mol. The van der Waals surface area contributed by atoms with Crippen LogP contribution in [0.2, 0.25) is 0 Å². The Bertz CT molecular complexity index is 425. The molecule has 90 valence electrons. The fourth-order valence-corrected chi connectivity index (χ4v) is 1.97. The monoisotopic (exact) mass is 231 g/mol. The van der Waals surface area contributed by atoms with Crippen molar-refractivity contribution < 1.29 is 9.90 Å². The molecular formula is C14H17NO2. The SMILES string of the molecule is CCC(CC)(Cc1ccc(C#N)cc1)C(=O)O. The summed E-state index contributed by atoms with van der Waals surface area (Å²) in [5, 5.41) is 18.0. The topological polar surface area (TPSA) is 61.1 Å². The van der Waals surface area contributed by atoms with Gasteiger partial charge in [0.1, 0.15) is 0 Å². The molecule has 0 radical (unpaired) electrons. The van der Waals surface area contributed by atoms with Crippen molar-refractivity contribution in [3.63, 3.8) is 0 Å². The molecule has 0 aliphatic carbocycles. The summed E-state index contributed by atoms with van der Waals surface area (Å²) in [5.41, 5.74) is 0.881. The maximum atomic E-state index is 11.4. The molecule has 0 bridgehead atoms. The highest BCUT2D eigenvalue weighted by Gasteiger charge is 2.34. The summed E-state index contributed by atoms with van der Waals surface area (Å²) in [6, 6.07) is 9.18. The third-order valence-electron chi connectivity index (χ3n) is 3.43. The standard InChI is InChI=1S/C14H17NO2/c1-3-14(4-2,13(16)17)9-11-5-7-12(10-15)8-6-11/h5-8H,3-4,9H2,1-2H3,(H,16,17). The zero-order chi connectivity index (χ0) is 12.9. The Kier molecular flexibility index (Phi) is 4.28. The van der Waals surface area contributed by atoms with Gasteiger partial charge < -0.3 is 5.11 Å². The average molecular weight is 231 g/mol. The molecule has 0 fully saturated rings. The Morgan fingerprint density at radius 1 is 1.29 bits per heavy atom. The zero-order valence-electron chi connectivity index (χ0n) is 10.2. The van der Waals surface area contributed by atoms with Gasteiger partial charge in [0.05, 0.1) is 17.0 Å². The van der Waals surface area contributed by atoms with E-state index in [-0.39, 0.29) is 0 Å². The molecule has 0 aliphatic rings. The first-order valence-corrected chi connectivity index (χ1v) is 5.80. The van der Waals surface area contributed by atoms with E-state index in [1.807, 2.05) is 26.0 Å². The van der Waals surface area contributed by atoms with Crippen LogP contribution in [-0.2, 0) is 11.2 Å². The number of aliphatic carboxylic acids is 1. The average Bonchev–Trinajstić information content (AvgIpc) is 2.36. The van der Waals surface area contributed by atoms with Gasteiger partial charge in [-0.3, -0.25) is 4.79 Å². The first kappa shape index (κ1) is 13.2. The number of carboxylic acids is 1. The molecule has 0 aromatic heterocycles. The molecule has 0 spiro atoms. The number of hydrogen-bond donors (Lipinski definition) is 1. The van der Waals surface area contributed by atoms with Gasteiger partial charge in [0, 0.05) is 0 Å². The predicted octanol–water partition coefficient (Wildman–Crippen LogP) is 2.99. The highest BCUT2D eigenvalue weighted by Crippen LogP contribution is 2.31. The largest absolute Gasteiger partial charge is 0.481 e. The maximum absolute atomic E-state index is 11.4. The van der Waals surface area contributed by atoms with Crippen LogP contribution in [0, 0.1) is 16.7 Å². The number of nitriles is 1. The Balaban J connectivity index is 2.94. The van der Waals surface area contributed by atoms with Crippen molar-refractivity contribution in [2.75, 3.05) is 0 Å². The molecule has 1 aromatic rings. The highest BCUT2D eigenvalue weighted by atomic mass is 16.4. The van der Waals surface area contributed by atoms with Gasteiger partial charge in [0.15, 0.2) is 0 Å². The van der Waals surface area contributed by atoms with Crippen LogP contribution in [0.5, 0.6) is 0 Å². The van der Waals surface area contributed by atoms with E-state index < -0.39 is 11.4 Å². The van der Waals surface area contributed by atoms with E-state index in [9.17, 15) is 9.90 Å². The van der Waals surface area contributed by atoms with E-state index in [1.165, 1.54) is 0 Å². The van der Waals surface area contributed by atoms with E-state index in [0.29, 0.717) is 24.8 Å². The molecule has 0 unspecified atom stereocenters. The Morgan fingerprint density at radius 3 is 2.18 bits per heavy atom. The second kappa shape index (κ2) is 5.49. The second-order valence-corrected chi connectivity index (χ2v) is 4.28. The van der Waals surface area contributed by atoms with Crippen LogP contribution in [0.3, 0.4) is 0 Å². The van der Waals surface area contributed by atoms with Gasteiger partial charge in [-0.15, -0.1) is 0 Å². The lowest BCUT2D eigenvalue weighted by molar-refractivity contribution is -0.149. The minimum Gasteiger partial charge on any atom is -0.481 e. The summed E-state index contributed by atoms with van der Waals surface area (Å²) in [6.45, 7) is 3.81. The lowest BCUT2D eigenvalue weighted by Gasteiger charge is -2.26. The number of carbonyl (C=O) groups is 1. The van der Waals surface area contributed by atoms with Crippen LogP contribution < -0.4 is 0 Å². The number of carboxylic acid groups (broad SMARTS) is 1. The first-order chi connectivity index (χ1) is 8.07. The van der Waals surface area contributed by atoms with Crippen molar-refractivity contribution in [2.45, 2.75) is 33.1 Å². The molecule has 1 aromatic carbocycles. The van der Waals surface area contributed by atoms with E-state index >= 15 is 0 Å². The van der Waals surface area contributed by atoms with Crippen LogP contribution in [0.25, 0.3) is 0 Å². The lowest BCUT2D eigenvalue weighted by Crippen LogP contribution is -2.32.